The summed E-state index contributed by atoms with van der Waals surface area (Å²) in [6, 6.07) is 15.1. The Hall–Kier alpha value is -3.65. The first-order valence-electron chi connectivity index (χ1n) is 9.33. The molecule has 0 aliphatic rings. The normalized spacial score (nSPS) is 11.1. The van der Waals surface area contributed by atoms with Crippen molar-refractivity contribution in [3.8, 4) is 27.7 Å². The number of anilines is 1. The van der Waals surface area contributed by atoms with Crippen molar-refractivity contribution < 1.29 is 14.6 Å². The van der Waals surface area contributed by atoms with E-state index in [0.29, 0.717) is 33.3 Å². The van der Waals surface area contributed by atoms with Crippen molar-refractivity contribution in [1.29, 1.82) is 0 Å². The van der Waals surface area contributed by atoms with Gasteiger partial charge < -0.3 is 14.6 Å². The van der Waals surface area contributed by atoms with Crippen LogP contribution in [0.15, 0.2) is 60.0 Å². The van der Waals surface area contributed by atoms with E-state index in [-0.39, 0.29) is 5.75 Å². The molecule has 2 aromatic carbocycles. The van der Waals surface area contributed by atoms with Crippen LogP contribution in [0.4, 0.5) is 5.82 Å². The van der Waals surface area contributed by atoms with Crippen molar-refractivity contribution in [3.05, 3.63) is 60.4 Å². The van der Waals surface area contributed by atoms with E-state index in [9.17, 15) is 5.11 Å². The topological polar surface area (TPSA) is 88.9 Å². The molecule has 4 rings (SSSR count). The number of hydrazone groups is 1. The number of para-hydroxylation sites is 1. The Morgan fingerprint density at radius 2 is 1.93 bits per heavy atom. The largest absolute Gasteiger partial charge is 0.504 e. The van der Waals surface area contributed by atoms with E-state index in [1.807, 2.05) is 55.5 Å². The van der Waals surface area contributed by atoms with E-state index in [1.54, 1.807) is 13.3 Å². The zero-order chi connectivity index (χ0) is 20.9. The van der Waals surface area contributed by atoms with Crippen LogP contribution < -0.4 is 14.9 Å². The predicted molar refractivity (Wildman–Crippen MR) is 120 cm³/mol. The summed E-state index contributed by atoms with van der Waals surface area (Å²) in [6.07, 6.45) is 3.09. The van der Waals surface area contributed by atoms with Crippen LogP contribution in [-0.4, -0.2) is 35.0 Å². The summed E-state index contributed by atoms with van der Waals surface area (Å²) in [4.78, 5) is 9.21. The number of aromatic hydroxyl groups is 1. The third-order valence-corrected chi connectivity index (χ3v) is 5.59. The van der Waals surface area contributed by atoms with Crippen molar-refractivity contribution in [2.24, 2.45) is 5.10 Å². The Bertz CT molecular complexity index is 1190. The molecule has 4 aromatic rings. The third kappa shape index (κ3) is 3.90. The molecule has 0 unspecified atom stereocenters. The highest BCUT2D eigenvalue weighted by atomic mass is 32.1. The number of methoxy groups -OCH3 is 1. The van der Waals surface area contributed by atoms with Gasteiger partial charge in [0.2, 0.25) is 0 Å². The minimum atomic E-state index is 0.103. The molecule has 0 spiro atoms. The fourth-order valence-electron chi connectivity index (χ4n) is 2.95. The van der Waals surface area contributed by atoms with E-state index in [0.717, 1.165) is 16.9 Å². The first-order chi connectivity index (χ1) is 14.7. The van der Waals surface area contributed by atoms with Gasteiger partial charge in [0.15, 0.2) is 11.6 Å². The Balaban J connectivity index is 1.66. The second kappa shape index (κ2) is 8.79. The van der Waals surface area contributed by atoms with Crippen LogP contribution in [0.5, 0.6) is 17.2 Å². The molecule has 152 valence electrons. The average Bonchev–Trinajstić information content (AvgIpc) is 3.12. The first kappa shape index (κ1) is 19.7. The maximum Gasteiger partial charge on any atom is 0.167 e. The molecular weight excluding hydrogens is 400 g/mol. The highest BCUT2D eigenvalue weighted by Crippen LogP contribution is 2.47. The summed E-state index contributed by atoms with van der Waals surface area (Å²) in [7, 11) is 1.63. The molecule has 30 heavy (non-hydrogen) atoms. The van der Waals surface area contributed by atoms with E-state index in [1.165, 1.54) is 17.7 Å². The monoisotopic (exact) mass is 420 g/mol. The number of benzene rings is 2. The number of thiophene rings is 1. The Morgan fingerprint density at radius 1 is 1.13 bits per heavy atom. The number of rotatable bonds is 7. The van der Waals surface area contributed by atoms with E-state index >= 15 is 0 Å². The van der Waals surface area contributed by atoms with E-state index in [4.69, 9.17) is 9.47 Å². The van der Waals surface area contributed by atoms with Gasteiger partial charge in [-0.2, -0.15) is 5.10 Å². The van der Waals surface area contributed by atoms with Crippen molar-refractivity contribution in [2.45, 2.75) is 6.92 Å². The molecule has 8 heteroatoms. The van der Waals surface area contributed by atoms with Crippen molar-refractivity contribution in [3.63, 3.8) is 0 Å². The summed E-state index contributed by atoms with van der Waals surface area (Å²) in [5.41, 5.74) is 5.15. The molecule has 2 N–H and O–H groups in total. The molecule has 2 aromatic heterocycles. The van der Waals surface area contributed by atoms with Gasteiger partial charge in [-0.3, -0.25) is 5.43 Å². The average molecular weight is 420 g/mol. The second-order valence-corrected chi connectivity index (χ2v) is 7.27. The van der Waals surface area contributed by atoms with Crippen LogP contribution >= 0.6 is 11.3 Å². The van der Waals surface area contributed by atoms with Crippen LogP contribution in [0.25, 0.3) is 20.7 Å². The number of hydrogen-bond donors (Lipinski definition) is 2. The highest BCUT2D eigenvalue weighted by molar-refractivity contribution is 7.23. The fourth-order valence-corrected chi connectivity index (χ4v) is 4.07. The molecule has 0 saturated heterocycles. The summed E-state index contributed by atoms with van der Waals surface area (Å²) >= 11 is 1.39. The predicted octanol–water partition coefficient (Wildman–Crippen LogP) is 4.92. The second-order valence-electron chi connectivity index (χ2n) is 6.25. The van der Waals surface area contributed by atoms with Gasteiger partial charge in [-0.15, -0.1) is 11.3 Å². The molecule has 0 radical (unpaired) electrons. The molecule has 0 amide bonds. The lowest BCUT2D eigenvalue weighted by molar-refractivity contribution is 0.341. The van der Waals surface area contributed by atoms with Crippen LogP contribution in [0.2, 0.25) is 0 Å². The SMILES string of the molecule is CCOc1ccccc1-c1sc2c(N/N=C/c3ccc(OC)cc3)ncnc2c1O. The number of nitrogens with zero attached hydrogens (tertiary/aromatic N) is 3. The van der Waals surface area contributed by atoms with Crippen LogP contribution in [-0.2, 0) is 0 Å². The van der Waals surface area contributed by atoms with E-state index < -0.39 is 0 Å². The standard InChI is InChI=1S/C22H20N4O3S/c1-3-29-17-7-5-4-6-16(17)20-19(27)18-21(30-20)22(24-13-23-18)26-25-12-14-8-10-15(28-2)11-9-14/h4-13,27H,3H2,1-2H3,(H,23,24,26)/b25-12+. The van der Waals surface area contributed by atoms with E-state index in [2.05, 4.69) is 20.5 Å². The molecule has 0 aliphatic carbocycles. The maximum atomic E-state index is 10.8. The van der Waals surface area contributed by atoms with Crippen LogP contribution in [0.1, 0.15) is 12.5 Å². The first-order valence-corrected chi connectivity index (χ1v) is 10.1. The number of hydrogen-bond acceptors (Lipinski definition) is 8. The summed E-state index contributed by atoms with van der Waals surface area (Å²) in [5, 5.41) is 15.1. The van der Waals surface area contributed by atoms with Gasteiger partial charge in [0, 0.05) is 5.56 Å². The molecule has 0 atom stereocenters. The molecule has 0 bridgehead atoms. The number of ether oxygens (including phenoxy) is 2. The van der Waals surface area contributed by atoms with Gasteiger partial charge in [-0.25, -0.2) is 9.97 Å². The van der Waals surface area contributed by atoms with Gasteiger partial charge in [0.25, 0.3) is 0 Å². The van der Waals surface area contributed by atoms with Gasteiger partial charge >= 0.3 is 0 Å². The number of fused-ring (bicyclic) bond motifs is 1. The molecule has 0 fully saturated rings. The van der Waals surface area contributed by atoms with Crippen LogP contribution in [0, 0.1) is 0 Å². The molecule has 0 aliphatic heterocycles. The zero-order valence-corrected chi connectivity index (χ0v) is 17.3. The van der Waals surface area contributed by atoms with Gasteiger partial charge in [-0.05, 0) is 48.9 Å². The number of nitrogens with one attached hydrogen (secondary N) is 1. The van der Waals surface area contributed by atoms with Crippen molar-refractivity contribution >= 4 is 33.6 Å². The Labute approximate surface area is 177 Å². The quantitative estimate of drug-likeness (QED) is 0.326. The van der Waals surface area contributed by atoms with Crippen molar-refractivity contribution in [2.75, 3.05) is 19.1 Å². The highest BCUT2D eigenvalue weighted by Gasteiger charge is 2.19. The minimum absolute atomic E-state index is 0.103. The Kier molecular flexibility index (Phi) is 5.76. The van der Waals surface area contributed by atoms with Crippen molar-refractivity contribution in [1.82, 2.24) is 9.97 Å². The lowest BCUT2D eigenvalue weighted by Gasteiger charge is -2.08. The van der Waals surface area contributed by atoms with Crippen LogP contribution in [0.3, 0.4) is 0 Å². The summed E-state index contributed by atoms with van der Waals surface area (Å²) in [6.45, 7) is 2.46. The lowest BCUT2D eigenvalue weighted by Crippen LogP contribution is -1.94. The molecule has 7 nitrogen and oxygen atoms in total. The third-order valence-electron chi connectivity index (χ3n) is 4.38. The summed E-state index contributed by atoms with van der Waals surface area (Å²) < 4.78 is 11.6. The zero-order valence-electron chi connectivity index (χ0n) is 16.5. The lowest BCUT2D eigenvalue weighted by atomic mass is 10.1. The Morgan fingerprint density at radius 3 is 2.70 bits per heavy atom. The number of aromatic nitrogens is 2. The smallest absolute Gasteiger partial charge is 0.167 e. The van der Waals surface area contributed by atoms with Gasteiger partial charge in [-0.1, -0.05) is 12.1 Å². The minimum Gasteiger partial charge on any atom is -0.504 e. The summed E-state index contributed by atoms with van der Waals surface area (Å²) in [5.74, 6) is 2.12. The fraction of sp³-hybridized carbons (Fsp3) is 0.136. The van der Waals surface area contributed by atoms with Gasteiger partial charge in [0.05, 0.1) is 24.8 Å². The maximum absolute atomic E-state index is 10.8. The molecule has 0 saturated carbocycles. The molecule has 2 heterocycles. The van der Waals surface area contributed by atoms with Gasteiger partial charge in [0.1, 0.15) is 28.0 Å². The molecular formula is C22H20N4O3S.